The van der Waals surface area contributed by atoms with Gasteiger partial charge in [0, 0.05) is 11.8 Å². The van der Waals surface area contributed by atoms with Crippen molar-refractivity contribution < 1.29 is 4.79 Å². The van der Waals surface area contributed by atoms with Gasteiger partial charge in [0.05, 0.1) is 16.5 Å². The van der Waals surface area contributed by atoms with Gasteiger partial charge in [-0.25, -0.2) is 4.99 Å². The number of rotatable bonds is 5. The fraction of sp³-hybridized carbons (Fsp3) is 0.222. The van der Waals surface area contributed by atoms with E-state index in [2.05, 4.69) is 22.9 Å². The second kappa shape index (κ2) is 12.4. The number of carbonyl (C=O) groups excluding carboxylic acids is 1. The summed E-state index contributed by atoms with van der Waals surface area (Å²) >= 11 is 10.1. The molecule has 130 valence electrons. The summed E-state index contributed by atoms with van der Waals surface area (Å²) in [7, 11) is 0. The summed E-state index contributed by atoms with van der Waals surface area (Å²) in [6.45, 7) is 7.55. The molecule has 3 N–H and O–H groups in total. The zero-order chi connectivity index (χ0) is 18.5. The molecule has 0 aliphatic carbocycles. The number of nitrogens with zero attached hydrogens (tertiary/aromatic N) is 1. The number of anilines is 1. The molecule has 24 heavy (non-hydrogen) atoms. The average Bonchev–Trinajstić information content (AvgIpc) is 2.55. The van der Waals surface area contributed by atoms with Gasteiger partial charge in [0.25, 0.3) is 5.91 Å². The number of aliphatic imine (C=N–C) groups is 1. The Bertz CT molecular complexity index is 640. The van der Waals surface area contributed by atoms with E-state index in [-0.39, 0.29) is 5.91 Å². The molecule has 0 spiro atoms. The van der Waals surface area contributed by atoms with Crippen LogP contribution in [0.1, 0.15) is 26.3 Å². The number of nitrogens with one attached hydrogen (secondary N) is 1. The van der Waals surface area contributed by atoms with Crippen LogP contribution in [-0.2, 0) is 4.79 Å². The van der Waals surface area contributed by atoms with Crippen molar-refractivity contribution in [1.82, 2.24) is 0 Å². The van der Waals surface area contributed by atoms with Gasteiger partial charge in [0.1, 0.15) is 0 Å². The summed E-state index contributed by atoms with van der Waals surface area (Å²) in [6, 6.07) is 5.42. The number of carbonyl (C=O) groups is 1. The largest absolute Gasteiger partial charge is 0.387 e. The standard InChI is InChI=1S/C16H18ClN3OS.C2H6/c1-11-5-3-7-14(17)15(11)20-16(21)13(8-10-22)6-4-9-19-12(2)18;1-2/h3-10,22H,1-2H3,(H2,18,19)(H,20,21);1-2H3/b9-4+,10-8+,13-6+;. The van der Waals surface area contributed by atoms with Crippen LogP contribution in [0.3, 0.4) is 0 Å². The Morgan fingerprint density at radius 2 is 2.04 bits per heavy atom. The molecular weight excluding hydrogens is 342 g/mol. The fourth-order valence-electron chi connectivity index (χ4n) is 1.57. The molecule has 0 saturated heterocycles. The first-order valence-corrected chi connectivity index (χ1v) is 8.39. The van der Waals surface area contributed by atoms with Crippen LogP contribution in [0.2, 0.25) is 5.02 Å². The Balaban J connectivity index is 0.00000254. The fourth-order valence-corrected chi connectivity index (χ4v) is 2.00. The van der Waals surface area contributed by atoms with E-state index >= 15 is 0 Å². The maximum absolute atomic E-state index is 12.3. The number of thiol groups is 1. The predicted octanol–water partition coefficient (Wildman–Crippen LogP) is 4.87. The molecule has 1 aromatic rings. The van der Waals surface area contributed by atoms with Crippen LogP contribution in [0.5, 0.6) is 0 Å². The molecule has 4 nitrogen and oxygen atoms in total. The van der Waals surface area contributed by atoms with Crippen LogP contribution in [0.15, 0.2) is 58.6 Å². The predicted molar refractivity (Wildman–Crippen MR) is 109 cm³/mol. The van der Waals surface area contributed by atoms with Crippen molar-refractivity contribution in [2.24, 2.45) is 10.7 Å². The Hall–Kier alpha value is -1.98. The molecule has 0 fully saturated rings. The molecule has 6 heteroatoms. The van der Waals surface area contributed by atoms with Crippen molar-refractivity contribution in [2.45, 2.75) is 27.7 Å². The van der Waals surface area contributed by atoms with E-state index < -0.39 is 0 Å². The minimum absolute atomic E-state index is 0.292. The highest BCUT2D eigenvalue weighted by Gasteiger charge is 2.10. The third kappa shape index (κ3) is 8.04. The van der Waals surface area contributed by atoms with Crippen molar-refractivity contribution in [3.05, 3.63) is 64.2 Å². The summed E-state index contributed by atoms with van der Waals surface area (Å²) in [6.07, 6.45) is 6.32. The lowest BCUT2D eigenvalue weighted by atomic mass is 10.1. The lowest BCUT2D eigenvalue weighted by Crippen LogP contribution is -2.14. The van der Waals surface area contributed by atoms with Gasteiger partial charge in [0.2, 0.25) is 0 Å². The normalized spacial score (nSPS) is 12.2. The van der Waals surface area contributed by atoms with Gasteiger partial charge in [-0.1, -0.05) is 37.6 Å². The van der Waals surface area contributed by atoms with Crippen molar-refractivity contribution in [2.75, 3.05) is 5.32 Å². The van der Waals surface area contributed by atoms with E-state index in [1.807, 2.05) is 32.9 Å². The quantitative estimate of drug-likeness (QED) is 0.229. The first-order valence-electron chi connectivity index (χ1n) is 7.49. The van der Waals surface area contributed by atoms with Gasteiger partial charge in [-0.2, -0.15) is 12.6 Å². The summed E-state index contributed by atoms with van der Waals surface area (Å²) in [5.74, 6) is 0.145. The van der Waals surface area contributed by atoms with Gasteiger partial charge in [0.15, 0.2) is 0 Å². The molecule has 0 aromatic heterocycles. The number of allylic oxidation sites excluding steroid dienone is 2. The minimum Gasteiger partial charge on any atom is -0.387 e. The first kappa shape index (κ1) is 22.0. The highest BCUT2D eigenvalue weighted by Crippen LogP contribution is 2.25. The monoisotopic (exact) mass is 365 g/mol. The van der Waals surface area contributed by atoms with Crippen LogP contribution in [-0.4, -0.2) is 11.7 Å². The van der Waals surface area contributed by atoms with Gasteiger partial charge in [-0.05, 0) is 49.1 Å². The number of nitrogens with two attached hydrogens (primary N) is 1. The van der Waals surface area contributed by atoms with E-state index in [9.17, 15) is 4.79 Å². The maximum atomic E-state index is 12.3. The van der Waals surface area contributed by atoms with Crippen LogP contribution in [0.4, 0.5) is 5.69 Å². The molecule has 0 aliphatic heterocycles. The maximum Gasteiger partial charge on any atom is 0.255 e. The second-order valence-electron chi connectivity index (χ2n) is 4.44. The van der Waals surface area contributed by atoms with Gasteiger partial charge < -0.3 is 11.1 Å². The van der Waals surface area contributed by atoms with Crippen LogP contribution in [0, 0.1) is 6.92 Å². The zero-order valence-electron chi connectivity index (χ0n) is 14.4. The highest BCUT2D eigenvalue weighted by molar-refractivity contribution is 7.83. The molecule has 0 atom stereocenters. The number of para-hydroxylation sites is 1. The van der Waals surface area contributed by atoms with Crippen molar-refractivity contribution in [3.63, 3.8) is 0 Å². The molecule has 0 saturated carbocycles. The molecule has 0 bridgehead atoms. The molecule has 1 aromatic carbocycles. The molecule has 0 radical (unpaired) electrons. The lowest BCUT2D eigenvalue weighted by molar-refractivity contribution is -0.112. The summed E-state index contributed by atoms with van der Waals surface area (Å²) in [5, 5.41) is 4.76. The van der Waals surface area contributed by atoms with E-state index in [4.69, 9.17) is 17.3 Å². The zero-order valence-corrected chi connectivity index (χ0v) is 16.0. The molecule has 0 unspecified atom stereocenters. The van der Waals surface area contributed by atoms with Gasteiger partial charge in [-0.15, -0.1) is 0 Å². The summed E-state index contributed by atoms with van der Waals surface area (Å²) in [4.78, 5) is 16.2. The number of amidine groups is 1. The molecule has 0 heterocycles. The molecule has 1 amide bonds. The average molecular weight is 366 g/mol. The van der Waals surface area contributed by atoms with Gasteiger partial charge in [-0.3, -0.25) is 4.79 Å². The number of amides is 1. The minimum atomic E-state index is -0.292. The van der Waals surface area contributed by atoms with Crippen molar-refractivity contribution in [1.29, 1.82) is 0 Å². The second-order valence-corrected chi connectivity index (χ2v) is 5.14. The number of hydrogen-bond donors (Lipinski definition) is 3. The van der Waals surface area contributed by atoms with Crippen molar-refractivity contribution in [3.8, 4) is 0 Å². The Labute approximate surface area is 154 Å². The van der Waals surface area contributed by atoms with E-state index in [1.165, 1.54) is 11.6 Å². The molecule has 1 rings (SSSR count). The lowest BCUT2D eigenvalue weighted by Gasteiger charge is -2.10. The van der Waals surface area contributed by atoms with Crippen LogP contribution in [0.25, 0.3) is 0 Å². The third-order valence-corrected chi connectivity index (χ3v) is 3.08. The summed E-state index contributed by atoms with van der Waals surface area (Å²) in [5.41, 5.74) is 7.31. The number of halogens is 1. The third-order valence-electron chi connectivity index (χ3n) is 2.62. The van der Waals surface area contributed by atoms with E-state index in [0.717, 1.165) is 5.56 Å². The number of aryl methyl sites for hydroxylation is 1. The Morgan fingerprint density at radius 1 is 1.38 bits per heavy atom. The summed E-state index contributed by atoms with van der Waals surface area (Å²) < 4.78 is 0. The Kier molecular flexibility index (Phi) is 11.4. The number of benzene rings is 1. The van der Waals surface area contributed by atoms with E-state index in [1.54, 1.807) is 31.2 Å². The Morgan fingerprint density at radius 3 is 2.58 bits per heavy atom. The molecule has 0 aliphatic rings. The van der Waals surface area contributed by atoms with E-state index in [0.29, 0.717) is 22.1 Å². The van der Waals surface area contributed by atoms with Gasteiger partial charge >= 0.3 is 0 Å². The number of hydrogen-bond acceptors (Lipinski definition) is 3. The highest BCUT2D eigenvalue weighted by atomic mass is 35.5. The van der Waals surface area contributed by atoms with Crippen molar-refractivity contribution >= 4 is 41.7 Å². The van der Waals surface area contributed by atoms with Crippen LogP contribution >= 0.6 is 24.2 Å². The molecular formula is C18H24ClN3OS. The smallest absolute Gasteiger partial charge is 0.255 e. The SMILES string of the molecule is CC.CC(N)=N/C=C/C=C(\C=C\S)C(=O)Nc1c(C)cccc1Cl. The van der Waals surface area contributed by atoms with Crippen LogP contribution < -0.4 is 11.1 Å². The topological polar surface area (TPSA) is 67.5 Å². The first-order chi connectivity index (χ1) is 11.5.